The number of alkyl halides is 3. The van der Waals surface area contributed by atoms with Gasteiger partial charge in [0, 0.05) is 43.9 Å². The molecule has 7 heteroatoms. The Morgan fingerprint density at radius 2 is 1.05 bits per heavy atom. The van der Waals surface area contributed by atoms with Crippen molar-refractivity contribution < 1.29 is 13.2 Å². The Morgan fingerprint density at radius 1 is 0.452 bits per heavy atom. The lowest BCUT2D eigenvalue weighted by atomic mass is 9.93. The summed E-state index contributed by atoms with van der Waals surface area (Å²) in [4.78, 5) is 7.47. The van der Waals surface area contributed by atoms with Gasteiger partial charge in [0.1, 0.15) is 0 Å². The number of fused-ring (bicyclic) bond motifs is 6. The average Bonchev–Trinajstić information content (AvgIpc) is 3.77. The van der Waals surface area contributed by atoms with E-state index in [1.807, 2.05) is 60.7 Å². The molecule has 2 aromatic heterocycles. The van der Waals surface area contributed by atoms with Crippen LogP contribution in [0.1, 0.15) is 27.8 Å². The first-order chi connectivity index (χ1) is 29.9. The number of nitrogens with zero attached hydrogens (tertiary/aromatic N) is 4. The van der Waals surface area contributed by atoms with Gasteiger partial charge in [-0.25, -0.2) is 9.69 Å². The molecule has 0 aliphatic carbocycles. The van der Waals surface area contributed by atoms with Gasteiger partial charge in [0.15, 0.2) is 11.4 Å². The Bertz CT molecular complexity index is 3570. The van der Waals surface area contributed by atoms with E-state index in [9.17, 15) is 13.2 Å². The molecular formula is C55H37F3N4. The smallest absolute Gasteiger partial charge is 0.310 e. The lowest BCUT2D eigenvalue weighted by Crippen LogP contribution is -2.04. The second-order valence-electron chi connectivity index (χ2n) is 16.1. The molecule has 0 bridgehead atoms. The van der Waals surface area contributed by atoms with Crippen molar-refractivity contribution in [3.05, 3.63) is 202 Å². The number of hydrogen-bond donors (Lipinski definition) is 0. The van der Waals surface area contributed by atoms with Crippen molar-refractivity contribution in [2.75, 3.05) is 0 Å². The predicted octanol–water partition coefficient (Wildman–Crippen LogP) is 16.2. The average molecular weight is 811 g/mol. The first kappa shape index (κ1) is 38.3. The quantitative estimate of drug-likeness (QED) is 0.154. The van der Waals surface area contributed by atoms with E-state index < -0.39 is 11.7 Å². The van der Waals surface area contributed by atoms with Crippen LogP contribution in [-0.2, 0) is 6.18 Å². The van der Waals surface area contributed by atoms with Crippen molar-refractivity contribution in [2.24, 2.45) is 0 Å². The highest BCUT2D eigenvalue weighted by Gasteiger charge is 2.31. The van der Waals surface area contributed by atoms with Crippen LogP contribution in [0, 0.1) is 40.8 Å². The Morgan fingerprint density at radius 3 is 1.71 bits per heavy atom. The van der Waals surface area contributed by atoms with E-state index in [1.54, 1.807) is 0 Å². The van der Waals surface area contributed by atoms with Crippen LogP contribution in [-0.4, -0.2) is 9.13 Å². The third kappa shape index (κ3) is 6.13. The fraction of sp³-hybridized carbons (Fsp3) is 0.0909. The van der Waals surface area contributed by atoms with Crippen LogP contribution in [0.5, 0.6) is 0 Å². The standard InChI is InChI=1S/C55H37F3N4/c1-32-15-22-50-44(27-32)41-11-7-10-14-49(41)62(50)53-31-39(59-5)19-21-43(53)45-28-36(40-20-18-38(55(56,57)58)30-47(40)60-6)16-23-51(45)61-48-13-9-8-12-42(48)46-29-37(17-24-52(46)61)54-34(3)25-33(2)26-35(54)4/h7-31H,1-4H3. The summed E-state index contributed by atoms with van der Waals surface area (Å²) in [6.07, 6.45) is -4.60. The van der Waals surface area contributed by atoms with Crippen LogP contribution in [0.4, 0.5) is 24.5 Å². The minimum Gasteiger partial charge on any atom is -0.310 e. The summed E-state index contributed by atoms with van der Waals surface area (Å²) >= 11 is 0. The SMILES string of the molecule is [C-]#[N+]c1ccc(-c2cc(-c3ccc(C(F)(F)F)cc3[N+]#[C-])ccc2-n2c3ccccc3c3cc(-c4c(C)cc(C)cc4C)ccc32)c(-n2c3ccccc3c3cc(C)ccc32)c1. The molecule has 0 saturated carbocycles. The Hall–Kier alpha value is -7.87. The molecule has 10 aromatic rings. The number of hydrogen-bond acceptors (Lipinski definition) is 0. The number of halogens is 3. The van der Waals surface area contributed by atoms with Gasteiger partial charge >= 0.3 is 6.18 Å². The molecular weight excluding hydrogens is 774 g/mol. The highest BCUT2D eigenvalue weighted by atomic mass is 19.4. The van der Waals surface area contributed by atoms with Crippen molar-refractivity contribution in [1.29, 1.82) is 0 Å². The van der Waals surface area contributed by atoms with Crippen molar-refractivity contribution in [3.63, 3.8) is 0 Å². The van der Waals surface area contributed by atoms with Gasteiger partial charge in [-0.05, 0) is 122 Å². The van der Waals surface area contributed by atoms with Gasteiger partial charge in [-0.3, -0.25) is 0 Å². The van der Waals surface area contributed by atoms with E-state index >= 15 is 0 Å². The zero-order valence-corrected chi connectivity index (χ0v) is 34.4. The second kappa shape index (κ2) is 14.4. The summed E-state index contributed by atoms with van der Waals surface area (Å²) in [5.41, 5.74) is 14.7. The highest BCUT2D eigenvalue weighted by Crippen LogP contribution is 2.46. The lowest BCUT2D eigenvalue weighted by molar-refractivity contribution is -0.137. The van der Waals surface area contributed by atoms with Gasteiger partial charge in [0.25, 0.3) is 0 Å². The number of para-hydroxylation sites is 2. The third-order valence-corrected chi connectivity index (χ3v) is 12.1. The summed E-state index contributed by atoms with van der Waals surface area (Å²) in [6.45, 7) is 24.6. The zero-order valence-electron chi connectivity index (χ0n) is 34.4. The molecule has 0 radical (unpaired) electrons. The third-order valence-electron chi connectivity index (χ3n) is 12.1. The fourth-order valence-electron chi connectivity index (χ4n) is 9.53. The zero-order chi connectivity index (χ0) is 43.0. The number of aromatic nitrogens is 2. The van der Waals surface area contributed by atoms with E-state index in [-0.39, 0.29) is 5.69 Å². The molecule has 10 rings (SSSR count). The number of aryl methyl sites for hydroxylation is 4. The molecule has 0 unspecified atom stereocenters. The van der Waals surface area contributed by atoms with E-state index in [0.717, 1.165) is 89.4 Å². The van der Waals surface area contributed by atoms with Gasteiger partial charge < -0.3 is 9.13 Å². The normalized spacial score (nSPS) is 11.8. The summed E-state index contributed by atoms with van der Waals surface area (Å²) in [7, 11) is 0. The summed E-state index contributed by atoms with van der Waals surface area (Å²) < 4.78 is 46.2. The van der Waals surface area contributed by atoms with Gasteiger partial charge in [0.2, 0.25) is 0 Å². The summed E-state index contributed by atoms with van der Waals surface area (Å²) in [5.74, 6) is 0. The minimum absolute atomic E-state index is 0.0917. The van der Waals surface area contributed by atoms with Gasteiger partial charge in [-0.2, -0.15) is 13.2 Å². The van der Waals surface area contributed by atoms with Crippen LogP contribution >= 0.6 is 0 Å². The molecule has 0 atom stereocenters. The summed E-state index contributed by atoms with van der Waals surface area (Å²) in [5, 5.41) is 4.30. The van der Waals surface area contributed by atoms with Crippen LogP contribution in [0.3, 0.4) is 0 Å². The van der Waals surface area contributed by atoms with Crippen molar-refractivity contribution in [3.8, 4) is 44.8 Å². The Labute approximate surface area is 357 Å². The lowest BCUT2D eigenvalue weighted by Gasteiger charge is -2.21. The number of rotatable bonds is 5. The van der Waals surface area contributed by atoms with Crippen LogP contribution in [0.2, 0.25) is 0 Å². The van der Waals surface area contributed by atoms with Crippen LogP contribution < -0.4 is 0 Å². The largest absolute Gasteiger partial charge is 0.415 e. The van der Waals surface area contributed by atoms with Crippen LogP contribution in [0.15, 0.2) is 152 Å². The highest BCUT2D eigenvalue weighted by molar-refractivity contribution is 6.12. The molecule has 0 spiro atoms. The Kier molecular flexibility index (Phi) is 8.91. The first-order valence-corrected chi connectivity index (χ1v) is 20.3. The van der Waals surface area contributed by atoms with Crippen molar-refractivity contribution >= 4 is 55.0 Å². The molecule has 0 fully saturated rings. The first-order valence-electron chi connectivity index (χ1n) is 20.3. The van der Waals surface area contributed by atoms with E-state index in [2.05, 4.69) is 119 Å². The molecule has 8 aromatic carbocycles. The van der Waals surface area contributed by atoms with Crippen LogP contribution in [0.25, 0.3) is 98.1 Å². The number of benzene rings is 8. The minimum atomic E-state index is -4.60. The monoisotopic (exact) mass is 810 g/mol. The molecule has 2 heterocycles. The molecule has 0 aliphatic heterocycles. The van der Waals surface area contributed by atoms with Crippen molar-refractivity contribution in [2.45, 2.75) is 33.9 Å². The predicted molar refractivity (Wildman–Crippen MR) is 248 cm³/mol. The molecule has 4 nitrogen and oxygen atoms in total. The second-order valence-corrected chi connectivity index (χ2v) is 16.1. The van der Waals surface area contributed by atoms with E-state index in [1.165, 1.54) is 28.3 Å². The topological polar surface area (TPSA) is 18.6 Å². The molecule has 0 saturated heterocycles. The molecule has 0 amide bonds. The van der Waals surface area contributed by atoms with Gasteiger partial charge in [-0.1, -0.05) is 102 Å². The van der Waals surface area contributed by atoms with E-state index in [4.69, 9.17) is 13.1 Å². The van der Waals surface area contributed by atoms with E-state index in [0.29, 0.717) is 16.8 Å². The van der Waals surface area contributed by atoms with Gasteiger partial charge in [-0.15, -0.1) is 0 Å². The molecule has 0 N–H and O–H groups in total. The molecule has 0 aliphatic rings. The van der Waals surface area contributed by atoms with Crippen molar-refractivity contribution in [1.82, 2.24) is 9.13 Å². The maximum absolute atomic E-state index is 13.9. The maximum atomic E-state index is 13.9. The summed E-state index contributed by atoms with van der Waals surface area (Å²) in [6, 6.07) is 48.9. The molecule has 298 valence electrons. The molecule has 62 heavy (non-hydrogen) atoms. The Balaban J connectivity index is 1.31. The fourth-order valence-corrected chi connectivity index (χ4v) is 9.53. The van der Waals surface area contributed by atoms with Gasteiger partial charge in [0.05, 0.1) is 40.9 Å². The maximum Gasteiger partial charge on any atom is 0.415 e.